The van der Waals surface area contributed by atoms with E-state index in [4.69, 9.17) is 4.74 Å². The summed E-state index contributed by atoms with van der Waals surface area (Å²) in [6.07, 6.45) is 3.86. The molecule has 0 fully saturated rings. The zero-order chi connectivity index (χ0) is 11.3. The Balaban J connectivity index is 0.00000225. The second-order valence-corrected chi connectivity index (χ2v) is 3.64. The molecule has 1 N–H and O–H groups in total. The number of carbonyl (C=O) groups excluding carboxylic acids is 1. The molecule has 0 aliphatic heterocycles. The molecule has 1 aromatic rings. The zero-order valence-corrected chi connectivity index (χ0v) is 9.36. The van der Waals surface area contributed by atoms with Gasteiger partial charge in [-0.05, 0) is 5.92 Å². The van der Waals surface area contributed by atoms with Crippen LogP contribution in [-0.2, 0) is 11.8 Å². The quantitative estimate of drug-likeness (QED) is 0.834. The molecule has 0 spiro atoms. The lowest BCUT2D eigenvalue weighted by Crippen LogP contribution is -2.17. The number of ether oxygens (including phenoxy) is 1. The van der Waals surface area contributed by atoms with E-state index in [1.165, 1.54) is 0 Å². The van der Waals surface area contributed by atoms with Crippen LogP contribution in [0.3, 0.4) is 0 Å². The van der Waals surface area contributed by atoms with Crippen molar-refractivity contribution in [2.45, 2.75) is 20.3 Å². The summed E-state index contributed by atoms with van der Waals surface area (Å²) in [5.74, 6) is 0.393. The Morgan fingerprint density at radius 2 is 2.53 bits per heavy atom. The van der Waals surface area contributed by atoms with Gasteiger partial charge in [-0.15, -0.1) is 0 Å². The van der Waals surface area contributed by atoms with E-state index in [0.29, 0.717) is 18.2 Å². The molecule has 15 heavy (non-hydrogen) atoms. The molecule has 1 rings (SSSR count). The van der Waals surface area contributed by atoms with Crippen LogP contribution in [-0.4, -0.2) is 22.5 Å². The van der Waals surface area contributed by atoms with Crippen molar-refractivity contribution in [1.29, 1.82) is 0 Å². The Bertz CT molecular complexity index is 328. The normalized spacial score (nSPS) is 12.2. The summed E-state index contributed by atoms with van der Waals surface area (Å²) in [7, 11) is 1.79. The molecule has 1 amide bonds. The van der Waals surface area contributed by atoms with Gasteiger partial charge >= 0.3 is 6.09 Å². The number of rotatable bonds is 4. The molecule has 0 radical (unpaired) electrons. The first-order chi connectivity index (χ1) is 7.11. The van der Waals surface area contributed by atoms with Gasteiger partial charge in [0.2, 0.25) is 0 Å². The van der Waals surface area contributed by atoms with Crippen molar-refractivity contribution >= 4 is 11.8 Å². The molecular formula is C10H19N3O2. The molecule has 0 aliphatic rings. The van der Waals surface area contributed by atoms with E-state index >= 15 is 0 Å². The fourth-order valence-electron chi connectivity index (χ4n) is 0.976. The first kappa shape index (κ1) is 11.6. The summed E-state index contributed by atoms with van der Waals surface area (Å²) in [5.41, 5.74) is 0.645. The van der Waals surface area contributed by atoms with Crippen molar-refractivity contribution in [1.82, 2.24) is 9.78 Å². The Kier molecular flexibility index (Phi) is 4.15. The van der Waals surface area contributed by atoms with Gasteiger partial charge in [-0.3, -0.25) is 10.00 Å². The van der Waals surface area contributed by atoms with E-state index in [9.17, 15) is 4.79 Å². The van der Waals surface area contributed by atoms with Crippen LogP contribution in [0.15, 0.2) is 12.4 Å². The van der Waals surface area contributed by atoms with Crippen LogP contribution >= 0.6 is 0 Å². The lowest BCUT2D eigenvalue weighted by molar-refractivity contribution is 0.143. The summed E-state index contributed by atoms with van der Waals surface area (Å²) >= 11 is 0. The average Bonchev–Trinajstić information content (AvgIpc) is 2.60. The number of hydrogen-bond acceptors (Lipinski definition) is 3. The number of carbonyl (C=O) groups is 1. The Morgan fingerprint density at radius 1 is 1.80 bits per heavy atom. The van der Waals surface area contributed by atoms with E-state index in [1.807, 2.05) is 6.92 Å². The second kappa shape index (κ2) is 5.38. The summed E-state index contributed by atoms with van der Waals surface area (Å²) < 4.78 is 6.64. The first-order valence-corrected chi connectivity index (χ1v) is 5.04. The number of hydrogen-bond donors (Lipinski definition) is 1. The van der Waals surface area contributed by atoms with Crippen molar-refractivity contribution in [3.05, 3.63) is 12.4 Å². The largest absolute Gasteiger partial charge is 0.449 e. The minimum absolute atomic E-state index is 0. The highest BCUT2D eigenvalue weighted by molar-refractivity contribution is 5.84. The SMILES string of the molecule is CC[C@@H](C)COC(=O)Nc1cnn(C)c1.[HH]. The van der Waals surface area contributed by atoms with Crippen LogP contribution in [0.5, 0.6) is 0 Å². The van der Waals surface area contributed by atoms with E-state index in [1.54, 1.807) is 24.1 Å². The molecule has 86 valence electrons. The smallest absolute Gasteiger partial charge is 0.411 e. The molecular weight excluding hydrogens is 194 g/mol. The molecule has 1 aromatic heterocycles. The van der Waals surface area contributed by atoms with Gasteiger partial charge in [-0.25, -0.2) is 4.79 Å². The van der Waals surface area contributed by atoms with Gasteiger partial charge in [-0.2, -0.15) is 5.10 Å². The third-order valence-corrected chi connectivity index (χ3v) is 2.15. The van der Waals surface area contributed by atoms with E-state index < -0.39 is 6.09 Å². The topological polar surface area (TPSA) is 56.1 Å². The fraction of sp³-hybridized carbons (Fsp3) is 0.600. The van der Waals surface area contributed by atoms with Gasteiger partial charge < -0.3 is 4.74 Å². The van der Waals surface area contributed by atoms with Crippen LogP contribution in [0.1, 0.15) is 21.7 Å². The summed E-state index contributed by atoms with van der Waals surface area (Å²) in [5, 5.41) is 6.53. The molecule has 0 saturated carbocycles. The van der Waals surface area contributed by atoms with Gasteiger partial charge in [0.25, 0.3) is 0 Å². The zero-order valence-electron chi connectivity index (χ0n) is 9.36. The molecule has 5 heteroatoms. The van der Waals surface area contributed by atoms with Crippen molar-refractivity contribution in [3.8, 4) is 0 Å². The number of aryl methyl sites for hydroxylation is 1. The third kappa shape index (κ3) is 4.01. The van der Waals surface area contributed by atoms with Crippen molar-refractivity contribution < 1.29 is 11.0 Å². The maximum atomic E-state index is 11.3. The first-order valence-electron chi connectivity index (χ1n) is 5.04. The van der Waals surface area contributed by atoms with Gasteiger partial charge in [0.05, 0.1) is 18.5 Å². The van der Waals surface area contributed by atoms with Crippen LogP contribution in [0.25, 0.3) is 0 Å². The monoisotopic (exact) mass is 213 g/mol. The van der Waals surface area contributed by atoms with E-state index in [2.05, 4.69) is 17.3 Å². The minimum atomic E-state index is -0.427. The van der Waals surface area contributed by atoms with Crippen LogP contribution < -0.4 is 5.32 Å². The number of anilines is 1. The summed E-state index contributed by atoms with van der Waals surface area (Å²) in [6.45, 7) is 4.55. The van der Waals surface area contributed by atoms with E-state index in [0.717, 1.165) is 6.42 Å². The molecule has 0 bridgehead atoms. The summed E-state index contributed by atoms with van der Waals surface area (Å²) in [4.78, 5) is 11.3. The molecule has 1 atom stereocenters. The molecule has 0 saturated heterocycles. The number of aromatic nitrogens is 2. The number of nitrogens with one attached hydrogen (secondary N) is 1. The second-order valence-electron chi connectivity index (χ2n) is 3.64. The fourth-order valence-corrected chi connectivity index (χ4v) is 0.976. The van der Waals surface area contributed by atoms with Crippen molar-refractivity contribution in [2.24, 2.45) is 13.0 Å². The van der Waals surface area contributed by atoms with E-state index in [-0.39, 0.29) is 1.43 Å². The maximum absolute atomic E-state index is 11.3. The molecule has 5 nitrogen and oxygen atoms in total. The lowest BCUT2D eigenvalue weighted by Gasteiger charge is -2.09. The molecule has 0 aromatic carbocycles. The average molecular weight is 213 g/mol. The minimum Gasteiger partial charge on any atom is -0.449 e. The van der Waals surface area contributed by atoms with Crippen molar-refractivity contribution in [2.75, 3.05) is 11.9 Å². The van der Waals surface area contributed by atoms with Gasteiger partial charge in [-0.1, -0.05) is 20.3 Å². The highest BCUT2D eigenvalue weighted by Crippen LogP contribution is 2.05. The van der Waals surface area contributed by atoms with Crippen LogP contribution in [0.4, 0.5) is 10.5 Å². The van der Waals surface area contributed by atoms with Crippen molar-refractivity contribution in [3.63, 3.8) is 0 Å². The number of amides is 1. The number of nitrogens with zero attached hydrogens (tertiary/aromatic N) is 2. The Labute approximate surface area is 90.9 Å². The predicted molar refractivity (Wildman–Crippen MR) is 59.7 cm³/mol. The standard InChI is InChI=1S/C10H17N3O2.H2/c1-4-8(2)7-15-10(14)12-9-5-11-13(3)6-9;/h5-6,8H,4,7H2,1-3H3,(H,12,14);1H/t8-;/m1./s1. The molecule has 0 aliphatic carbocycles. The maximum Gasteiger partial charge on any atom is 0.411 e. The predicted octanol–water partition coefficient (Wildman–Crippen LogP) is 2.26. The van der Waals surface area contributed by atoms with Gasteiger partial charge in [0, 0.05) is 14.7 Å². The van der Waals surface area contributed by atoms with Gasteiger partial charge in [0.15, 0.2) is 0 Å². The highest BCUT2D eigenvalue weighted by Gasteiger charge is 2.06. The Morgan fingerprint density at radius 3 is 3.07 bits per heavy atom. The third-order valence-electron chi connectivity index (χ3n) is 2.15. The lowest BCUT2D eigenvalue weighted by atomic mass is 10.1. The molecule has 1 heterocycles. The van der Waals surface area contributed by atoms with Crippen LogP contribution in [0.2, 0.25) is 0 Å². The Hall–Kier alpha value is -1.52. The van der Waals surface area contributed by atoms with Gasteiger partial charge in [0.1, 0.15) is 0 Å². The highest BCUT2D eigenvalue weighted by atomic mass is 16.5. The summed E-state index contributed by atoms with van der Waals surface area (Å²) in [6, 6.07) is 0. The molecule has 0 unspecified atom stereocenters. The van der Waals surface area contributed by atoms with Crippen LogP contribution in [0, 0.1) is 5.92 Å².